The molecule has 2 aromatic carbocycles. The van der Waals surface area contributed by atoms with Crippen molar-refractivity contribution in [3.63, 3.8) is 0 Å². The van der Waals surface area contributed by atoms with Gasteiger partial charge in [-0.25, -0.2) is 13.4 Å². The summed E-state index contributed by atoms with van der Waals surface area (Å²) in [5, 5.41) is 7.14. The van der Waals surface area contributed by atoms with Crippen LogP contribution in [0.15, 0.2) is 70.3 Å². The lowest BCUT2D eigenvalue weighted by atomic mass is 10.0. The number of nitrogens with zero attached hydrogens (tertiary/aromatic N) is 2. The van der Waals surface area contributed by atoms with Gasteiger partial charge in [-0.15, -0.1) is 22.7 Å². The molecular formula is C23H18ClN3O3S3. The highest BCUT2D eigenvalue weighted by Gasteiger charge is 2.29. The molecule has 0 saturated heterocycles. The molecule has 6 nitrogen and oxygen atoms in total. The van der Waals surface area contributed by atoms with Crippen LogP contribution in [0.3, 0.4) is 0 Å². The van der Waals surface area contributed by atoms with E-state index in [1.807, 2.05) is 47.2 Å². The monoisotopic (exact) mass is 515 g/mol. The molecule has 1 aliphatic rings. The second kappa shape index (κ2) is 9.00. The van der Waals surface area contributed by atoms with Gasteiger partial charge in [0.05, 0.1) is 26.1 Å². The van der Waals surface area contributed by atoms with Crippen molar-refractivity contribution in [2.75, 3.05) is 11.9 Å². The molecule has 0 atom stereocenters. The Balaban J connectivity index is 1.38. The standard InChI is InChI=1S/C23H18ClN3O3S3/c24-19-8-7-17(33(29,30)27-10-9-15-4-1-2-5-16(15)13-27)12-18(19)22(28)26-23-25-20(14-32-23)21-6-3-11-31-21/h1-8,11-12,14H,9-10,13H2,(H,25,26,28). The molecule has 0 aliphatic carbocycles. The molecule has 5 rings (SSSR count). The first kappa shape index (κ1) is 22.2. The van der Waals surface area contributed by atoms with E-state index in [4.69, 9.17) is 11.6 Å². The van der Waals surface area contributed by atoms with Crippen LogP contribution < -0.4 is 5.32 Å². The van der Waals surface area contributed by atoms with E-state index in [1.54, 1.807) is 11.3 Å². The first-order valence-electron chi connectivity index (χ1n) is 10.1. The van der Waals surface area contributed by atoms with Gasteiger partial charge in [0.25, 0.3) is 5.91 Å². The molecule has 0 bridgehead atoms. The Kier molecular flexibility index (Phi) is 6.07. The zero-order valence-corrected chi connectivity index (χ0v) is 20.4. The molecular weight excluding hydrogens is 498 g/mol. The third-order valence-electron chi connectivity index (χ3n) is 5.41. The van der Waals surface area contributed by atoms with E-state index in [0.29, 0.717) is 24.6 Å². The Morgan fingerprint density at radius 2 is 1.88 bits per heavy atom. The van der Waals surface area contributed by atoms with Crippen LogP contribution in [0.2, 0.25) is 5.02 Å². The molecule has 10 heteroatoms. The molecule has 1 amide bonds. The lowest BCUT2D eigenvalue weighted by molar-refractivity contribution is 0.102. The summed E-state index contributed by atoms with van der Waals surface area (Å²) in [4.78, 5) is 18.4. The maximum Gasteiger partial charge on any atom is 0.259 e. The fourth-order valence-electron chi connectivity index (χ4n) is 3.70. The molecule has 0 saturated carbocycles. The van der Waals surface area contributed by atoms with E-state index in [-0.39, 0.29) is 15.5 Å². The molecule has 2 aromatic heterocycles. The Morgan fingerprint density at radius 1 is 1.06 bits per heavy atom. The van der Waals surface area contributed by atoms with Gasteiger partial charge in [0.15, 0.2) is 5.13 Å². The van der Waals surface area contributed by atoms with Crippen molar-refractivity contribution in [3.05, 3.63) is 87.1 Å². The first-order chi connectivity index (χ1) is 15.9. The van der Waals surface area contributed by atoms with Gasteiger partial charge in [0, 0.05) is 18.5 Å². The Hall–Kier alpha value is -2.56. The number of thiazole rings is 1. The second-order valence-electron chi connectivity index (χ2n) is 7.47. The van der Waals surface area contributed by atoms with Gasteiger partial charge < -0.3 is 0 Å². The van der Waals surface area contributed by atoms with Gasteiger partial charge in [0.1, 0.15) is 0 Å². The van der Waals surface area contributed by atoms with Crippen LogP contribution >= 0.6 is 34.3 Å². The van der Waals surface area contributed by atoms with Crippen LogP contribution in [-0.2, 0) is 23.0 Å². The average molecular weight is 516 g/mol. The van der Waals surface area contributed by atoms with Crippen LogP contribution in [0.1, 0.15) is 21.5 Å². The summed E-state index contributed by atoms with van der Waals surface area (Å²) < 4.78 is 28.1. The largest absolute Gasteiger partial charge is 0.298 e. The quantitative estimate of drug-likeness (QED) is 0.379. The summed E-state index contributed by atoms with van der Waals surface area (Å²) in [6.07, 6.45) is 0.646. The van der Waals surface area contributed by atoms with Gasteiger partial charge in [-0.05, 0) is 47.2 Å². The molecule has 4 aromatic rings. The summed E-state index contributed by atoms with van der Waals surface area (Å²) in [5.41, 5.74) is 3.01. The molecule has 0 radical (unpaired) electrons. The number of benzene rings is 2. The van der Waals surface area contributed by atoms with E-state index in [9.17, 15) is 13.2 Å². The maximum absolute atomic E-state index is 13.3. The van der Waals surface area contributed by atoms with Crippen molar-refractivity contribution >= 4 is 55.3 Å². The topological polar surface area (TPSA) is 79.4 Å². The molecule has 1 aliphatic heterocycles. The summed E-state index contributed by atoms with van der Waals surface area (Å²) in [6.45, 7) is 0.682. The Labute approximate surface area is 204 Å². The average Bonchev–Trinajstić information content (AvgIpc) is 3.51. The van der Waals surface area contributed by atoms with E-state index in [1.165, 1.54) is 33.8 Å². The van der Waals surface area contributed by atoms with Crippen molar-refractivity contribution in [2.24, 2.45) is 0 Å². The van der Waals surface area contributed by atoms with E-state index in [2.05, 4.69) is 10.3 Å². The SMILES string of the molecule is O=C(Nc1nc(-c2cccs2)cs1)c1cc(S(=O)(=O)N2CCc3ccccc3C2)ccc1Cl. The molecule has 1 N–H and O–H groups in total. The molecule has 0 fully saturated rings. The van der Waals surface area contributed by atoms with Crippen molar-refractivity contribution in [1.29, 1.82) is 0 Å². The highest BCUT2D eigenvalue weighted by Crippen LogP contribution is 2.30. The smallest absolute Gasteiger partial charge is 0.259 e. The number of carbonyl (C=O) groups excluding carboxylic acids is 1. The molecule has 0 spiro atoms. The number of hydrogen-bond acceptors (Lipinski definition) is 6. The van der Waals surface area contributed by atoms with Crippen LogP contribution in [0.5, 0.6) is 0 Å². The summed E-state index contributed by atoms with van der Waals surface area (Å²) >= 11 is 9.12. The number of thiophene rings is 1. The van der Waals surface area contributed by atoms with Crippen molar-refractivity contribution in [1.82, 2.24) is 9.29 Å². The molecule has 0 unspecified atom stereocenters. The third-order valence-corrected chi connectivity index (χ3v) is 9.23. The number of anilines is 1. The first-order valence-corrected chi connectivity index (χ1v) is 13.7. The van der Waals surface area contributed by atoms with Gasteiger partial charge in [0.2, 0.25) is 10.0 Å². The number of fused-ring (bicyclic) bond motifs is 1. The number of amides is 1. The minimum atomic E-state index is -3.79. The number of halogens is 1. The summed E-state index contributed by atoms with van der Waals surface area (Å²) in [6, 6.07) is 15.9. The van der Waals surface area contributed by atoms with Crippen LogP contribution in [-0.4, -0.2) is 30.2 Å². The van der Waals surface area contributed by atoms with Gasteiger partial charge in [-0.1, -0.05) is 41.9 Å². The fourth-order valence-corrected chi connectivity index (χ4v) is 6.81. The number of sulfonamides is 1. The normalized spacial score (nSPS) is 14.1. The molecule has 168 valence electrons. The van der Waals surface area contributed by atoms with Crippen molar-refractivity contribution in [2.45, 2.75) is 17.9 Å². The van der Waals surface area contributed by atoms with Gasteiger partial charge in [-0.3, -0.25) is 10.1 Å². The van der Waals surface area contributed by atoms with Crippen molar-refractivity contribution < 1.29 is 13.2 Å². The van der Waals surface area contributed by atoms with E-state index < -0.39 is 15.9 Å². The predicted octanol–water partition coefficient (Wildman–Crippen LogP) is 5.52. The third kappa shape index (κ3) is 4.47. The lowest BCUT2D eigenvalue weighted by Gasteiger charge is -2.28. The minimum Gasteiger partial charge on any atom is -0.298 e. The highest BCUT2D eigenvalue weighted by molar-refractivity contribution is 7.89. The maximum atomic E-state index is 13.3. The number of nitrogens with one attached hydrogen (secondary N) is 1. The van der Waals surface area contributed by atoms with E-state index >= 15 is 0 Å². The van der Waals surface area contributed by atoms with E-state index in [0.717, 1.165) is 21.7 Å². The summed E-state index contributed by atoms with van der Waals surface area (Å²) in [5.74, 6) is -0.506. The number of hydrogen-bond donors (Lipinski definition) is 1. The van der Waals surface area contributed by atoms with Crippen LogP contribution in [0.4, 0.5) is 5.13 Å². The Morgan fingerprint density at radius 3 is 2.67 bits per heavy atom. The van der Waals surface area contributed by atoms with Crippen molar-refractivity contribution in [3.8, 4) is 10.6 Å². The Bertz CT molecular complexity index is 1430. The predicted molar refractivity (Wildman–Crippen MR) is 133 cm³/mol. The number of rotatable bonds is 5. The summed E-state index contributed by atoms with van der Waals surface area (Å²) in [7, 11) is -3.79. The molecule has 33 heavy (non-hydrogen) atoms. The zero-order chi connectivity index (χ0) is 23.0. The van der Waals surface area contributed by atoms with Gasteiger partial charge in [-0.2, -0.15) is 4.31 Å². The highest BCUT2D eigenvalue weighted by atomic mass is 35.5. The van der Waals surface area contributed by atoms with Gasteiger partial charge >= 0.3 is 0 Å². The number of carbonyl (C=O) groups is 1. The lowest BCUT2D eigenvalue weighted by Crippen LogP contribution is -2.36. The minimum absolute atomic E-state index is 0.0369. The fraction of sp³-hybridized carbons (Fsp3) is 0.130. The molecule has 3 heterocycles. The number of aromatic nitrogens is 1. The van der Waals surface area contributed by atoms with Crippen LogP contribution in [0, 0.1) is 0 Å². The second-order valence-corrected chi connectivity index (χ2v) is 11.6. The zero-order valence-electron chi connectivity index (χ0n) is 17.2. The van der Waals surface area contributed by atoms with Crippen LogP contribution in [0.25, 0.3) is 10.6 Å².